The van der Waals surface area contributed by atoms with Crippen molar-refractivity contribution < 1.29 is 14.6 Å². The molecule has 3 nitrogen and oxygen atoms in total. The second-order valence-electron chi connectivity index (χ2n) is 3.99. The molecule has 0 saturated heterocycles. The Morgan fingerprint density at radius 3 is 1.88 bits per heavy atom. The Kier molecular flexibility index (Phi) is 19.7. The fourth-order valence-corrected chi connectivity index (χ4v) is 1.46. The van der Waals surface area contributed by atoms with Crippen molar-refractivity contribution in [2.45, 2.75) is 72.1 Å². The van der Waals surface area contributed by atoms with Crippen molar-refractivity contribution in [1.29, 1.82) is 0 Å². The average molecular weight is 246 g/mol. The molecule has 0 aromatic rings. The molecule has 0 aliphatic heterocycles. The number of unbranched alkanes of at least 4 members (excludes halogenated alkanes) is 6. The Bertz CT molecular complexity index is 146. The second kappa shape index (κ2) is 17.8. The summed E-state index contributed by atoms with van der Waals surface area (Å²) in [5, 5.41) is 7.57. The van der Waals surface area contributed by atoms with Crippen LogP contribution < -0.4 is 0 Å². The molecule has 0 saturated carbocycles. The van der Waals surface area contributed by atoms with Crippen molar-refractivity contribution in [1.82, 2.24) is 0 Å². The van der Waals surface area contributed by atoms with Crippen LogP contribution in [0.25, 0.3) is 0 Å². The lowest BCUT2D eigenvalue weighted by Crippen LogP contribution is -2.03. The number of carbonyl (C=O) groups excluding carboxylic acids is 1. The fraction of sp³-hybridized carbons (Fsp3) is 0.929. The molecule has 0 radical (unpaired) electrons. The minimum atomic E-state index is -0.0407. The highest BCUT2D eigenvalue weighted by Gasteiger charge is 2.00. The predicted octanol–water partition coefficient (Wildman–Crippen LogP) is 3.69. The Morgan fingerprint density at radius 2 is 1.41 bits per heavy atom. The normalized spacial score (nSPS) is 9.41. The minimum absolute atomic E-state index is 0.0407. The maximum Gasteiger partial charge on any atom is 0.305 e. The van der Waals surface area contributed by atoms with Crippen LogP contribution in [0.2, 0.25) is 0 Å². The van der Waals surface area contributed by atoms with E-state index in [9.17, 15) is 4.79 Å². The van der Waals surface area contributed by atoms with Crippen molar-refractivity contribution in [2.75, 3.05) is 13.2 Å². The molecular formula is C14H30O3. The number of esters is 1. The van der Waals surface area contributed by atoms with Gasteiger partial charge in [-0.1, -0.05) is 45.4 Å². The molecule has 3 heteroatoms. The Balaban J connectivity index is 0. The van der Waals surface area contributed by atoms with Crippen LogP contribution in [-0.2, 0) is 9.53 Å². The standard InChI is InChI=1S/C12H24O2.C2H6O/c1-3-5-6-7-8-9-10-11-12(13)14-4-2;1-2-3/h3-11H2,1-2H3;3H,2H2,1H3. The summed E-state index contributed by atoms with van der Waals surface area (Å²) in [5.41, 5.74) is 0. The number of rotatable bonds is 9. The van der Waals surface area contributed by atoms with Gasteiger partial charge < -0.3 is 9.84 Å². The topological polar surface area (TPSA) is 46.5 Å². The first-order valence-corrected chi connectivity index (χ1v) is 6.99. The molecule has 0 aromatic carbocycles. The van der Waals surface area contributed by atoms with Gasteiger partial charge in [-0.3, -0.25) is 4.79 Å². The summed E-state index contributed by atoms with van der Waals surface area (Å²) in [6, 6.07) is 0. The SMILES string of the molecule is CCCCCCCCCC(=O)OCC.CCO. The summed E-state index contributed by atoms with van der Waals surface area (Å²) >= 11 is 0. The van der Waals surface area contributed by atoms with Crippen molar-refractivity contribution in [2.24, 2.45) is 0 Å². The van der Waals surface area contributed by atoms with Crippen LogP contribution in [0.15, 0.2) is 0 Å². The molecule has 104 valence electrons. The van der Waals surface area contributed by atoms with Crippen LogP contribution >= 0.6 is 0 Å². The number of aliphatic hydroxyl groups is 1. The molecule has 17 heavy (non-hydrogen) atoms. The van der Waals surface area contributed by atoms with E-state index in [0.29, 0.717) is 13.0 Å². The van der Waals surface area contributed by atoms with Crippen molar-refractivity contribution in [3.05, 3.63) is 0 Å². The molecule has 0 unspecified atom stereocenters. The smallest absolute Gasteiger partial charge is 0.305 e. The van der Waals surface area contributed by atoms with E-state index >= 15 is 0 Å². The van der Waals surface area contributed by atoms with Gasteiger partial charge in [-0.15, -0.1) is 0 Å². The van der Waals surface area contributed by atoms with E-state index in [0.717, 1.165) is 6.42 Å². The second-order valence-corrected chi connectivity index (χ2v) is 3.99. The maximum atomic E-state index is 11.0. The summed E-state index contributed by atoms with van der Waals surface area (Å²) in [5.74, 6) is -0.0407. The average Bonchev–Trinajstić information content (AvgIpc) is 2.29. The number of ether oxygens (including phenoxy) is 1. The molecule has 0 fully saturated rings. The molecule has 0 aromatic heterocycles. The van der Waals surface area contributed by atoms with E-state index in [1.165, 1.54) is 38.5 Å². The molecule has 1 N–H and O–H groups in total. The van der Waals surface area contributed by atoms with Crippen LogP contribution in [0.5, 0.6) is 0 Å². The van der Waals surface area contributed by atoms with Crippen molar-refractivity contribution in [3.63, 3.8) is 0 Å². The first-order valence-electron chi connectivity index (χ1n) is 6.99. The van der Waals surface area contributed by atoms with Gasteiger partial charge in [0.1, 0.15) is 0 Å². The molecule has 0 aliphatic carbocycles. The molecule has 0 heterocycles. The van der Waals surface area contributed by atoms with Crippen LogP contribution in [0.3, 0.4) is 0 Å². The highest BCUT2D eigenvalue weighted by atomic mass is 16.5. The Labute approximate surface area is 107 Å². The predicted molar refractivity (Wildman–Crippen MR) is 72.0 cm³/mol. The summed E-state index contributed by atoms with van der Waals surface area (Å²) < 4.78 is 4.85. The molecular weight excluding hydrogens is 216 g/mol. The lowest BCUT2D eigenvalue weighted by molar-refractivity contribution is -0.143. The fourth-order valence-electron chi connectivity index (χ4n) is 1.46. The first kappa shape index (κ1) is 18.8. The van der Waals surface area contributed by atoms with E-state index < -0.39 is 0 Å². The number of hydrogen-bond acceptors (Lipinski definition) is 3. The Hall–Kier alpha value is -0.570. The van der Waals surface area contributed by atoms with Gasteiger partial charge in [-0.05, 0) is 20.3 Å². The van der Waals surface area contributed by atoms with E-state index in [1.807, 2.05) is 6.92 Å². The number of hydrogen-bond donors (Lipinski definition) is 1. The molecule has 0 amide bonds. The van der Waals surface area contributed by atoms with Crippen LogP contribution in [0, 0.1) is 0 Å². The van der Waals surface area contributed by atoms with Crippen molar-refractivity contribution >= 4 is 5.97 Å². The largest absolute Gasteiger partial charge is 0.466 e. The van der Waals surface area contributed by atoms with Crippen LogP contribution in [0.1, 0.15) is 72.1 Å². The van der Waals surface area contributed by atoms with Crippen LogP contribution in [-0.4, -0.2) is 24.3 Å². The molecule has 0 bridgehead atoms. The third kappa shape index (κ3) is 21.3. The zero-order valence-electron chi connectivity index (χ0n) is 11.8. The van der Waals surface area contributed by atoms with Gasteiger partial charge in [0, 0.05) is 13.0 Å². The third-order valence-corrected chi connectivity index (χ3v) is 2.29. The molecule has 0 rings (SSSR count). The van der Waals surface area contributed by atoms with Crippen LogP contribution in [0.4, 0.5) is 0 Å². The van der Waals surface area contributed by atoms with Gasteiger partial charge in [0.25, 0.3) is 0 Å². The monoisotopic (exact) mass is 246 g/mol. The Morgan fingerprint density at radius 1 is 0.941 bits per heavy atom. The van der Waals surface area contributed by atoms with E-state index in [-0.39, 0.29) is 12.6 Å². The number of aliphatic hydroxyl groups excluding tert-OH is 1. The quantitative estimate of drug-likeness (QED) is 0.498. The van der Waals surface area contributed by atoms with E-state index in [2.05, 4.69) is 6.92 Å². The molecule has 0 spiro atoms. The van der Waals surface area contributed by atoms with E-state index in [4.69, 9.17) is 9.84 Å². The summed E-state index contributed by atoms with van der Waals surface area (Å²) in [4.78, 5) is 11.0. The van der Waals surface area contributed by atoms with Gasteiger partial charge in [0.15, 0.2) is 0 Å². The van der Waals surface area contributed by atoms with Gasteiger partial charge in [-0.2, -0.15) is 0 Å². The lowest BCUT2D eigenvalue weighted by Gasteiger charge is -2.01. The number of carbonyl (C=O) groups is 1. The summed E-state index contributed by atoms with van der Waals surface area (Å²) in [6.45, 7) is 6.51. The zero-order chi connectivity index (χ0) is 13.4. The molecule has 0 atom stereocenters. The lowest BCUT2D eigenvalue weighted by atomic mass is 10.1. The van der Waals surface area contributed by atoms with Gasteiger partial charge in [0.05, 0.1) is 6.61 Å². The van der Waals surface area contributed by atoms with Gasteiger partial charge in [-0.25, -0.2) is 0 Å². The van der Waals surface area contributed by atoms with Crippen molar-refractivity contribution in [3.8, 4) is 0 Å². The highest BCUT2D eigenvalue weighted by molar-refractivity contribution is 5.69. The van der Waals surface area contributed by atoms with Gasteiger partial charge >= 0.3 is 5.97 Å². The highest BCUT2D eigenvalue weighted by Crippen LogP contribution is 2.08. The minimum Gasteiger partial charge on any atom is -0.466 e. The van der Waals surface area contributed by atoms with Gasteiger partial charge in [0.2, 0.25) is 0 Å². The summed E-state index contributed by atoms with van der Waals surface area (Å²) in [7, 11) is 0. The summed E-state index contributed by atoms with van der Waals surface area (Å²) in [6.07, 6.45) is 9.32. The maximum absolute atomic E-state index is 11.0. The third-order valence-electron chi connectivity index (χ3n) is 2.29. The zero-order valence-corrected chi connectivity index (χ0v) is 11.8. The first-order chi connectivity index (χ1) is 8.22. The van der Waals surface area contributed by atoms with E-state index in [1.54, 1.807) is 6.92 Å². The molecule has 0 aliphatic rings.